The lowest BCUT2D eigenvalue weighted by Crippen LogP contribution is -2.41. The Balaban J connectivity index is 1.83. The van der Waals surface area contributed by atoms with Crippen LogP contribution in [0.5, 0.6) is 0 Å². The minimum atomic E-state index is -3.23. The van der Waals surface area contributed by atoms with E-state index in [0.717, 1.165) is 19.3 Å². The highest BCUT2D eigenvalue weighted by Crippen LogP contribution is 2.22. The molecule has 2 rings (SSSR count). The number of rotatable bonds is 5. The lowest BCUT2D eigenvalue weighted by Gasteiger charge is -2.29. The van der Waals surface area contributed by atoms with Crippen molar-refractivity contribution in [1.29, 1.82) is 0 Å². The number of amides is 1. The molecule has 6 nitrogen and oxygen atoms in total. The van der Waals surface area contributed by atoms with Crippen molar-refractivity contribution in [2.45, 2.75) is 44.8 Å². The molecule has 1 saturated carbocycles. The van der Waals surface area contributed by atoms with Gasteiger partial charge in [-0.2, -0.15) is 0 Å². The second-order valence-corrected chi connectivity index (χ2v) is 7.45. The van der Waals surface area contributed by atoms with E-state index in [1.165, 1.54) is 0 Å². The fraction of sp³-hybridized carbons (Fsp3) is 0.533. The number of anilines is 1. The summed E-state index contributed by atoms with van der Waals surface area (Å²) in [5, 5.41) is 2.66. The molecule has 1 aliphatic carbocycles. The lowest BCUT2D eigenvalue weighted by atomic mass is 9.94. The third kappa shape index (κ3) is 5.31. The van der Waals surface area contributed by atoms with Crippen LogP contribution < -0.4 is 10.0 Å². The predicted molar refractivity (Wildman–Crippen MR) is 85.2 cm³/mol. The number of ether oxygens (including phenoxy) is 1. The Morgan fingerprint density at radius 2 is 2.00 bits per heavy atom. The summed E-state index contributed by atoms with van der Waals surface area (Å²) in [6, 6.07) is 8.91. The summed E-state index contributed by atoms with van der Waals surface area (Å²) in [5.41, 5.74) is 0.673. The van der Waals surface area contributed by atoms with Crippen molar-refractivity contribution in [2.24, 2.45) is 0 Å². The Bertz CT molecular complexity index is 589. The largest absolute Gasteiger partial charge is 0.446 e. The molecule has 0 unspecified atom stereocenters. The van der Waals surface area contributed by atoms with Gasteiger partial charge in [-0.05, 0) is 38.3 Å². The van der Waals surface area contributed by atoms with E-state index in [0.29, 0.717) is 12.1 Å². The molecule has 1 aromatic rings. The van der Waals surface area contributed by atoms with E-state index in [2.05, 4.69) is 10.0 Å². The molecule has 1 aliphatic rings. The van der Waals surface area contributed by atoms with Gasteiger partial charge in [0.25, 0.3) is 0 Å². The Hall–Kier alpha value is -1.60. The first kappa shape index (κ1) is 16.8. The van der Waals surface area contributed by atoms with E-state index in [1.807, 2.05) is 18.2 Å². The Labute approximate surface area is 131 Å². The van der Waals surface area contributed by atoms with Gasteiger partial charge in [-0.3, -0.25) is 5.32 Å². The topological polar surface area (TPSA) is 84.5 Å². The molecule has 2 atom stereocenters. The van der Waals surface area contributed by atoms with Crippen LogP contribution in [0.3, 0.4) is 0 Å². The zero-order valence-electron chi connectivity index (χ0n) is 12.6. The molecule has 0 saturated heterocycles. The van der Waals surface area contributed by atoms with Crippen molar-refractivity contribution in [1.82, 2.24) is 4.72 Å². The number of hydrogen-bond donors (Lipinski definition) is 2. The number of hydrogen-bond acceptors (Lipinski definition) is 4. The highest BCUT2D eigenvalue weighted by molar-refractivity contribution is 7.89. The average molecular weight is 326 g/mol. The van der Waals surface area contributed by atoms with Crippen LogP contribution in [0.1, 0.15) is 32.6 Å². The number of nitrogens with one attached hydrogen (secondary N) is 2. The van der Waals surface area contributed by atoms with Gasteiger partial charge in [0.15, 0.2) is 0 Å². The third-order valence-corrected chi connectivity index (χ3v) is 5.10. The molecule has 0 heterocycles. The number of carbonyl (C=O) groups is 1. The quantitative estimate of drug-likeness (QED) is 0.870. The molecule has 0 bridgehead atoms. The highest BCUT2D eigenvalue weighted by Gasteiger charge is 2.27. The van der Waals surface area contributed by atoms with Crippen LogP contribution >= 0.6 is 0 Å². The van der Waals surface area contributed by atoms with Gasteiger partial charge in [0, 0.05) is 18.2 Å². The van der Waals surface area contributed by atoms with Gasteiger partial charge >= 0.3 is 6.09 Å². The van der Waals surface area contributed by atoms with Crippen molar-refractivity contribution in [2.75, 3.05) is 11.1 Å². The minimum Gasteiger partial charge on any atom is -0.446 e. The summed E-state index contributed by atoms with van der Waals surface area (Å²) < 4.78 is 31.3. The average Bonchev–Trinajstić information content (AvgIpc) is 2.48. The minimum absolute atomic E-state index is 0.0590. The zero-order valence-corrected chi connectivity index (χ0v) is 13.4. The van der Waals surface area contributed by atoms with E-state index in [1.54, 1.807) is 19.1 Å². The summed E-state index contributed by atoms with van der Waals surface area (Å²) >= 11 is 0. The van der Waals surface area contributed by atoms with Gasteiger partial charge in [0.1, 0.15) is 6.10 Å². The normalized spacial score (nSPS) is 22.0. The van der Waals surface area contributed by atoms with E-state index in [4.69, 9.17) is 4.74 Å². The van der Waals surface area contributed by atoms with Gasteiger partial charge in [0.05, 0.1) is 5.75 Å². The van der Waals surface area contributed by atoms with E-state index in [9.17, 15) is 13.2 Å². The molecule has 2 N–H and O–H groups in total. The standard InChI is InChI=1S/C15H22N2O4S/c1-2-22(19,20)17-13-9-6-10-14(11-13)21-15(18)16-12-7-4-3-5-8-12/h3-5,7-8,13-14,17H,2,6,9-11H2,1H3,(H,16,18)/t13-,14+/m1/s1. The molecular weight excluding hydrogens is 304 g/mol. The Morgan fingerprint density at radius 1 is 1.27 bits per heavy atom. The summed E-state index contributed by atoms with van der Waals surface area (Å²) in [7, 11) is -3.23. The predicted octanol–water partition coefficient (Wildman–Crippen LogP) is 2.49. The van der Waals surface area contributed by atoms with Crippen molar-refractivity contribution >= 4 is 21.8 Å². The molecule has 0 aliphatic heterocycles. The van der Waals surface area contributed by atoms with Gasteiger partial charge in [-0.1, -0.05) is 18.2 Å². The smallest absolute Gasteiger partial charge is 0.411 e. The number of carbonyl (C=O) groups excluding carboxylic acids is 1. The Kier molecular flexibility index (Phi) is 5.79. The first-order valence-electron chi connectivity index (χ1n) is 7.51. The Morgan fingerprint density at radius 3 is 2.68 bits per heavy atom. The van der Waals surface area contributed by atoms with Crippen molar-refractivity contribution in [3.8, 4) is 0 Å². The van der Waals surface area contributed by atoms with Gasteiger partial charge < -0.3 is 4.74 Å². The molecule has 1 amide bonds. The first-order valence-corrected chi connectivity index (χ1v) is 9.16. The monoisotopic (exact) mass is 326 g/mol. The summed E-state index contributed by atoms with van der Waals surface area (Å²) in [4.78, 5) is 11.9. The maximum Gasteiger partial charge on any atom is 0.411 e. The second kappa shape index (κ2) is 7.60. The molecule has 22 heavy (non-hydrogen) atoms. The van der Waals surface area contributed by atoms with Crippen LogP contribution in [0.4, 0.5) is 10.5 Å². The maximum absolute atomic E-state index is 11.9. The number of sulfonamides is 1. The second-order valence-electron chi connectivity index (χ2n) is 5.40. The third-order valence-electron chi connectivity index (χ3n) is 3.65. The van der Waals surface area contributed by atoms with Crippen LogP contribution in [0.2, 0.25) is 0 Å². The lowest BCUT2D eigenvalue weighted by molar-refractivity contribution is 0.0793. The van der Waals surface area contributed by atoms with Crippen molar-refractivity contribution in [3.05, 3.63) is 30.3 Å². The fourth-order valence-electron chi connectivity index (χ4n) is 2.52. The van der Waals surface area contributed by atoms with Gasteiger partial charge in [0.2, 0.25) is 10.0 Å². The van der Waals surface area contributed by atoms with Gasteiger partial charge in [-0.25, -0.2) is 17.9 Å². The molecule has 1 aromatic carbocycles. The van der Waals surface area contributed by atoms with Crippen LogP contribution in [-0.2, 0) is 14.8 Å². The van der Waals surface area contributed by atoms with Crippen LogP contribution in [0.25, 0.3) is 0 Å². The number of para-hydroxylation sites is 1. The maximum atomic E-state index is 11.9. The van der Waals surface area contributed by atoms with Crippen molar-refractivity contribution in [3.63, 3.8) is 0 Å². The van der Waals surface area contributed by atoms with Crippen molar-refractivity contribution < 1.29 is 17.9 Å². The van der Waals surface area contributed by atoms with E-state index in [-0.39, 0.29) is 17.9 Å². The zero-order chi connectivity index (χ0) is 16.0. The summed E-state index contributed by atoms with van der Waals surface area (Å²) in [5.74, 6) is 0.0590. The molecule has 0 aromatic heterocycles. The molecule has 0 spiro atoms. The number of benzene rings is 1. The van der Waals surface area contributed by atoms with Crippen LogP contribution in [0.15, 0.2) is 30.3 Å². The van der Waals surface area contributed by atoms with Crippen LogP contribution in [-0.4, -0.2) is 32.4 Å². The molecule has 0 radical (unpaired) electrons. The van der Waals surface area contributed by atoms with Gasteiger partial charge in [-0.15, -0.1) is 0 Å². The SMILES string of the molecule is CCS(=O)(=O)N[C@@H]1CCC[C@H](OC(=O)Nc2ccccc2)C1. The molecular formula is C15H22N2O4S. The molecule has 7 heteroatoms. The first-order chi connectivity index (χ1) is 10.5. The fourth-order valence-corrected chi connectivity index (χ4v) is 3.41. The van der Waals surface area contributed by atoms with E-state index < -0.39 is 16.1 Å². The van der Waals surface area contributed by atoms with E-state index >= 15 is 0 Å². The van der Waals surface area contributed by atoms with Crippen LogP contribution in [0, 0.1) is 0 Å². The molecule has 1 fully saturated rings. The highest BCUT2D eigenvalue weighted by atomic mass is 32.2. The summed E-state index contributed by atoms with van der Waals surface area (Å²) in [6.45, 7) is 1.60. The summed E-state index contributed by atoms with van der Waals surface area (Å²) in [6.07, 6.45) is 2.12. The molecule has 122 valence electrons.